The molecule has 8 aromatic rings. The number of benzene rings is 8. The summed E-state index contributed by atoms with van der Waals surface area (Å²) in [6.45, 7) is -0.0582. The number of para-hydroxylation sites is 4. The summed E-state index contributed by atoms with van der Waals surface area (Å²) in [4.78, 5) is 9.92. The first kappa shape index (κ1) is 31.8. The van der Waals surface area contributed by atoms with Gasteiger partial charge in [-0.2, -0.15) is 0 Å². The van der Waals surface area contributed by atoms with Gasteiger partial charge in [0, 0.05) is 92.5 Å². The minimum Gasteiger partial charge on any atom is -0.497 e. The maximum Gasteiger partial charge on any atom is 0.251 e. The third kappa shape index (κ3) is 3.99. The second-order valence-electron chi connectivity index (χ2n) is 15.6. The fraction of sp³-hybridized carbons (Fsp3) is 0.0400. The molecular formula is C50H34B2N4O2. The number of hydrogen-bond donors (Lipinski definition) is 0. The van der Waals surface area contributed by atoms with Gasteiger partial charge in [-0.25, -0.2) is 0 Å². The minimum atomic E-state index is -0.0291. The Morgan fingerprint density at radius 1 is 0.293 bits per heavy atom. The van der Waals surface area contributed by atoms with Crippen LogP contribution in [0.2, 0.25) is 0 Å². The Labute approximate surface area is 337 Å². The van der Waals surface area contributed by atoms with Crippen LogP contribution in [0.1, 0.15) is 0 Å². The number of nitrogens with zero attached hydrogens (tertiary/aromatic N) is 4. The van der Waals surface area contributed by atoms with Gasteiger partial charge in [-0.1, -0.05) is 72.8 Å². The molecule has 5 aliphatic rings. The zero-order valence-corrected chi connectivity index (χ0v) is 31.9. The molecule has 272 valence electrons. The van der Waals surface area contributed by atoms with Crippen LogP contribution in [0.5, 0.6) is 11.5 Å². The molecule has 8 aromatic carbocycles. The standard InChI is InChI=1S/C50H34B2N4O2/c1-57-35-27-41-45-42(28-35)54(32-17-9-4-10-18-32)38-24-26-40-50-48(38)51(45)47-37(53(41)31-15-7-3-8-16-31)23-25-39-49(47)52(50)46-43(55(39)33-19-11-5-12-20-33)29-36(58-2)30-44(46)56(40)34-21-13-6-14-22-34/h3-30H,1-2H3. The van der Waals surface area contributed by atoms with Gasteiger partial charge in [0.15, 0.2) is 0 Å². The lowest BCUT2D eigenvalue weighted by atomic mass is 9.18. The van der Waals surface area contributed by atoms with Gasteiger partial charge in [0.1, 0.15) is 11.5 Å². The fourth-order valence-corrected chi connectivity index (χ4v) is 10.8. The van der Waals surface area contributed by atoms with E-state index in [0.717, 1.165) is 57.0 Å². The van der Waals surface area contributed by atoms with Crippen LogP contribution in [0.4, 0.5) is 68.2 Å². The number of anilines is 12. The molecule has 0 aliphatic carbocycles. The summed E-state index contributed by atoms with van der Waals surface area (Å²) in [7, 11) is 3.56. The van der Waals surface area contributed by atoms with Crippen molar-refractivity contribution in [2.24, 2.45) is 0 Å². The summed E-state index contributed by atoms with van der Waals surface area (Å²) in [5.41, 5.74) is 21.9. The van der Waals surface area contributed by atoms with E-state index in [1.165, 1.54) is 55.5 Å². The number of methoxy groups -OCH3 is 2. The average molecular weight is 744 g/mol. The van der Waals surface area contributed by atoms with Gasteiger partial charge in [-0.3, -0.25) is 0 Å². The van der Waals surface area contributed by atoms with E-state index in [9.17, 15) is 0 Å². The molecule has 0 saturated heterocycles. The Balaban J connectivity index is 1.24. The number of ether oxygens (including phenoxy) is 2. The zero-order chi connectivity index (χ0) is 38.2. The van der Waals surface area contributed by atoms with Crippen molar-refractivity contribution in [2.75, 3.05) is 33.8 Å². The van der Waals surface area contributed by atoms with Crippen molar-refractivity contribution in [2.45, 2.75) is 0 Å². The van der Waals surface area contributed by atoms with E-state index in [1.54, 1.807) is 14.2 Å². The predicted octanol–water partition coefficient (Wildman–Crippen LogP) is 8.18. The van der Waals surface area contributed by atoms with Crippen molar-refractivity contribution < 1.29 is 9.47 Å². The Morgan fingerprint density at radius 3 is 0.759 bits per heavy atom. The summed E-state index contributed by atoms with van der Waals surface area (Å²) < 4.78 is 12.3. The average Bonchev–Trinajstić information content (AvgIpc) is 3.29. The monoisotopic (exact) mass is 744 g/mol. The second kappa shape index (κ2) is 11.6. The minimum absolute atomic E-state index is 0.0291. The summed E-state index contributed by atoms with van der Waals surface area (Å²) in [5.74, 6) is 1.65. The summed E-state index contributed by atoms with van der Waals surface area (Å²) in [6, 6.07) is 61.8. The first-order valence-corrected chi connectivity index (χ1v) is 19.9. The van der Waals surface area contributed by atoms with Crippen LogP contribution >= 0.6 is 0 Å². The molecule has 0 unspecified atom stereocenters. The van der Waals surface area contributed by atoms with Crippen LogP contribution in [0.3, 0.4) is 0 Å². The molecule has 0 atom stereocenters. The van der Waals surface area contributed by atoms with E-state index in [4.69, 9.17) is 9.47 Å². The Morgan fingerprint density at radius 2 is 0.534 bits per heavy atom. The van der Waals surface area contributed by atoms with Crippen LogP contribution in [0.25, 0.3) is 0 Å². The van der Waals surface area contributed by atoms with E-state index in [1.807, 2.05) is 0 Å². The Kier molecular flexibility index (Phi) is 6.38. The molecule has 0 N–H and O–H groups in total. The van der Waals surface area contributed by atoms with Gasteiger partial charge in [0.2, 0.25) is 0 Å². The second-order valence-corrected chi connectivity index (χ2v) is 15.6. The van der Waals surface area contributed by atoms with Crippen molar-refractivity contribution >= 4 is 114 Å². The Bertz CT molecular complexity index is 2620. The highest BCUT2D eigenvalue weighted by Crippen LogP contribution is 2.51. The van der Waals surface area contributed by atoms with Crippen molar-refractivity contribution in [3.63, 3.8) is 0 Å². The van der Waals surface area contributed by atoms with Crippen molar-refractivity contribution in [3.8, 4) is 11.5 Å². The molecule has 5 aliphatic heterocycles. The third-order valence-electron chi connectivity index (χ3n) is 12.9. The molecule has 13 rings (SSSR count). The first-order valence-electron chi connectivity index (χ1n) is 19.9. The molecule has 0 aromatic heterocycles. The number of hydrogen-bond acceptors (Lipinski definition) is 6. The number of rotatable bonds is 6. The summed E-state index contributed by atoms with van der Waals surface area (Å²) in [6.07, 6.45) is 0. The fourth-order valence-electron chi connectivity index (χ4n) is 10.8. The van der Waals surface area contributed by atoms with Gasteiger partial charge < -0.3 is 29.1 Å². The lowest BCUT2D eigenvalue weighted by molar-refractivity contribution is 0.415. The van der Waals surface area contributed by atoms with Crippen LogP contribution in [0, 0.1) is 0 Å². The van der Waals surface area contributed by atoms with E-state index in [-0.39, 0.29) is 13.4 Å². The highest BCUT2D eigenvalue weighted by atomic mass is 16.5. The normalized spacial score (nSPS) is 14.2. The molecule has 0 radical (unpaired) electrons. The van der Waals surface area contributed by atoms with Crippen LogP contribution < -0.4 is 61.9 Å². The van der Waals surface area contributed by atoms with E-state index in [0.29, 0.717) is 0 Å². The largest absolute Gasteiger partial charge is 0.497 e. The molecule has 0 fully saturated rings. The van der Waals surface area contributed by atoms with E-state index < -0.39 is 0 Å². The topological polar surface area (TPSA) is 31.4 Å². The highest BCUT2D eigenvalue weighted by molar-refractivity contribution is 7.16. The van der Waals surface area contributed by atoms with Crippen molar-refractivity contribution in [1.29, 1.82) is 0 Å². The maximum atomic E-state index is 6.16. The van der Waals surface area contributed by atoms with E-state index >= 15 is 0 Å². The predicted molar refractivity (Wildman–Crippen MR) is 241 cm³/mol. The van der Waals surface area contributed by atoms with Crippen LogP contribution in [-0.4, -0.2) is 27.6 Å². The lowest BCUT2D eigenvalue weighted by Gasteiger charge is -2.53. The summed E-state index contributed by atoms with van der Waals surface area (Å²) in [5, 5.41) is 0. The highest BCUT2D eigenvalue weighted by Gasteiger charge is 2.56. The van der Waals surface area contributed by atoms with Gasteiger partial charge >= 0.3 is 0 Å². The first-order chi connectivity index (χ1) is 28.7. The molecule has 58 heavy (non-hydrogen) atoms. The summed E-state index contributed by atoms with van der Waals surface area (Å²) >= 11 is 0. The van der Waals surface area contributed by atoms with Gasteiger partial charge in [0.25, 0.3) is 13.4 Å². The smallest absolute Gasteiger partial charge is 0.251 e. The zero-order valence-electron chi connectivity index (χ0n) is 31.9. The Hall–Kier alpha value is -7.31. The quantitative estimate of drug-likeness (QED) is 0.160. The van der Waals surface area contributed by atoms with Gasteiger partial charge in [-0.05, 0) is 106 Å². The SMILES string of the molecule is COc1cc2c3c(c1)N(c1ccccc1)c1ccc4c5c1B3c1c(ccc3c1B5c1c(cc(OC)cc1N4c1ccccc1)N3c1ccccc1)N2c1ccccc1. The molecule has 0 saturated carbocycles. The van der Waals surface area contributed by atoms with E-state index in [2.05, 4.69) is 189 Å². The molecule has 0 spiro atoms. The van der Waals surface area contributed by atoms with Crippen LogP contribution in [-0.2, 0) is 0 Å². The molecule has 0 amide bonds. The molecule has 6 nitrogen and oxygen atoms in total. The van der Waals surface area contributed by atoms with Crippen molar-refractivity contribution in [1.82, 2.24) is 0 Å². The lowest BCUT2D eigenvalue weighted by Crippen LogP contribution is -2.81. The molecule has 5 heterocycles. The van der Waals surface area contributed by atoms with Gasteiger partial charge in [0.05, 0.1) is 14.2 Å². The molecule has 8 heteroatoms. The van der Waals surface area contributed by atoms with Gasteiger partial charge in [-0.15, -0.1) is 0 Å². The van der Waals surface area contributed by atoms with Crippen LogP contribution in [0.15, 0.2) is 170 Å². The third-order valence-corrected chi connectivity index (χ3v) is 12.9. The van der Waals surface area contributed by atoms with Crippen molar-refractivity contribution in [3.05, 3.63) is 170 Å². The maximum absolute atomic E-state index is 6.16. The molecule has 0 bridgehead atoms. The molecular weight excluding hydrogens is 710 g/mol.